The van der Waals surface area contributed by atoms with Gasteiger partial charge in [-0.1, -0.05) is 137 Å². The predicted molar refractivity (Wildman–Crippen MR) is 209 cm³/mol. The summed E-state index contributed by atoms with van der Waals surface area (Å²) in [5, 5.41) is 2.28. The summed E-state index contributed by atoms with van der Waals surface area (Å²) in [5.41, 5.74) is 18.1. The Labute approximate surface area is 293 Å². The highest BCUT2D eigenvalue weighted by atomic mass is 16.3. The predicted octanol–water partition coefficient (Wildman–Crippen LogP) is 13.3. The summed E-state index contributed by atoms with van der Waals surface area (Å²) in [5.74, 6) is 0. The zero-order chi connectivity index (χ0) is 33.8. The van der Waals surface area contributed by atoms with Crippen LogP contribution < -0.4 is 4.90 Å². The van der Waals surface area contributed by atoms with Gasteiger partial charge in [-0.25, -0.2) is 0 Å². The fraction of sp³-hybridized carbons (Fsp3) is 0.125. The zero-order valence-corrected chi connectivity index (χ0v) is 28.8. The maximum Gasteiger partial charge on any atom is 0.136 e. The summed E-state index contributed by atoms with van der Waals surface area (Å²) >= 11 is 0. The first kappa shape index (κ1) is 29.1. The van der Waals surface area contributed by atoms with Crippen LogP contribution in [0.5, 0.6) is 0 Å². The van der Waals surface area contributed by atoms with Gasteiger partial charge >= 0.3 is 0 Å². The second-order valence-corrected chi connectivity index (χ2v) is 14.9. The van der Waals surface area contributed by atoms with Gasteiger partial charge in [0.25, 0.3) is 0 Å². The minimum absolute atomic E-state index is 0.115. The smallest absolute Gasteiger partial charge is 0.136 e. The molecule has 0 aliphatic heterocycles. The van der Waals surface area contributed by atoms with E-state index in [0.717, 1.165) is 50.1 Å². The first-order valence-corrected chi connectivity index (χ1v) is 17.6. The van der Waals surface area contributed by atoms with E-state index in [0.29, 0.717) is 0 Å². The first-order chi connectivity index (χ1) is 24.3. The van der Waals surface area contributed by atoms with E-state index in [1.807, 2.05) is 6.07 Å². The van der Waals surface area contributed by atoms with Gasteiger partial charge < -0.3 is 9.32 Å². The van der Waals surface area contributed by atoms with Crippen molar-refractivity contribution in [2.24, 2.45) is 0 Å². The van der Waals surface area contributed by atoms with E-state index in [1.165, 1.54) is 44.5 Å². The lowest BCUT2D eigenvalue weighted by atomic mass is 9.82. The molecule has 8 aromatic rings. The molecule has 0 unspecified atom stereocenters. The monoisotopic (exact) mass is 643 g/mol. The van der Waals surface area contributed by atoms with Crippen molar-refractivity contribution < 1.29 is 4.42 Å². The molecule has 0 spiro atoms. The fourth-order valence-electron chi connectivity index (χ4n) is 8.99. The van der Waals surface area contributed by atoms with E-state index in [1.54, 1.807) is 0 Å². The van der Waals surface area contributed by atoms with Gasteiger partial charge in [0.05, 0.1) is 5.69 Å². The Morgan fingerprint density at radius 1 is 0.400 bits per heavy atom. The van der Waals surface area contributed by atoms with Gasteiger partial charge in [-0.15, -0.1) is 0 Å². The van der Waals surface area contributed by atoms with E-state index in [-0.39, 0.29) is 10.8 Å². The van der Waals surface area contributed by atoms with Crippen molar-refractivity contribution in [3.8, 4) is 33.4 Å². The molecule has 0 N–H and O–H groups in total. The van der Waals surface area contributed by atoms with Gasteiger partial charge in [-0.05, 0) is 92.5 Å². The molecule has 0 bridgehead atoms. The number of hydrogen-bond donors (Lipinski definition) is 0. The number of nitrogens with zero attached hydrogens (tertiary/aromatic N) is 1. The summed E-state index contributed by atoms with van der Waals surface area (Å²) in [7, 11) is 0. The molecule has 1 heterocycles. The minimum Gasteiger partial charge on any atom is -0.456 e. The Morgan fingerprint density at radius 3 is 1.52 bits per heavy atom. The van der Waals surface area contributed by atoms with Crippen molar-refractivity contribution in [1.29, 1.82) is 0 Å². The molecule has 2 aliphatic rings. The van der Waals surface area contributed by atoms with E-state index in [4.69, 9.17) is 4.42 Å². The maximum atomic E-state index is 6.38. The number of rotatable bonds is 4. The Morgan fingerprint density at radius 2 is 0.880 bits per heavy atom. The van der Waals surface area contributed by atoms with Crippen molar-refractivity contribution >= 4 is 39.0 Å². The summed E-state index contributed by atoms with van der Waals surface area (Å²) in [6.45, 7) is 9.44. The average Bonchev–Trinajstić information content (AvgIpc) is 3.72. The summed E-state index contributed by atoms with van der Waals surface area (Å²) in [6, 6.07) is 55.6. The molecule has 10 rings (SSSR count). The number of furan rings is 1. The molecule has 1 aromatic heterocycles. The molecule has 0 radical (unpaired) electrons. The second-order valence-electron chi connectivity index (χ2n) is 14.9. The number of para-hydroxylation sites is 2. The third-order valence-corrected chi connectivity index (χ3v) is 11.5. The standard InChI is InChI=1S/C48H37NO/c1-47(2)39-19-9-5-14-32(39)34-26-24-30(28-41(34)47)49(31-25-27-35-33-15-6-10-20-40(33)48(3,4)42(35)29-31)43-21-11-7-16-36(43)37-18-13-23-45-46(37)38-17-8-12-22-44(38)50-45/h5-29H,1-4H3. The molecule has 0 amide bonds. The number of hydrogen-bond acceptors (Lipinski definition) is 2. The van der Waals surface area contributed by atoms with Crippen LogP contribution in [0, 0.1) is 0 Å². The minimum atomic E-state index is -0.115. The Bertz CT molecular complexity index is 2560. The number of benzene rings is 7. The molecule has 2 aliphatic carbocycles. The third kappa shape index (κ3) is 3.96. The summed E-state index contributed by atoms with van der Waals surface area (Å²) < 4.78 is 6.38. The van der Waals surface area contributed by atoms with Crippen molar-refractivity contribution in [1.82, 2.24) is 0 Å². The van der Waals surface area contributed by atoms with E-state index >= 15 is 0 Å². The largest absolute Gasteiger partial charge is 0.456 e. The van der Waals surface area contributed by atoms with Crippen molar-refractivity contribution in [2.45, 2.75) is 38.5 Å². The van der Waals surface area contributed by atoms with Crippen LogP contribution in [0.3, 0.4) is 0 Å². The highest BCUT2D eigenvalue weighted by Gasteiger charge is 2.38. The summed E-state index contributed by atoms with van der Waals surface area (Å²) in [4.78, 5) is 2.48. The zero-order valence-electron chi connectivity index (χ0n) is 28.8. The molecule has 50 heavy (non-hydrogen) atoms. The highest BCUT2D eigenvalue weighted by molar-refractivity contribution is 6.14. The van der Waals surface area contributed by atoms with Gasteiger partial charge in [0, 0.05) is 38.5 Å². The van der Waals surface area contributed by atoms with E-state index < -0.39 is 0 Å². The average molecular weight is 644 g/mol. The highest BCUT2D eigenvalue weighted by Crippen LogP contribution is 2.54. The normalized spacial score (nSPS) is 14.7. The molecular formula is C48H37NO. The van der Waals surface area contributed by atoms with Crippen LogP contribution in [-0.4, -0.2) is 0 Å². The van der Waals surface area contributed by atoms with Crippen molar-refractivity contribution in [2.75, 3.05) is 4.90 Å². The second kappa shape index (κ2) is 10.3. The van der Waals surface area contributed by atoms with Gasteiger partial charge in [-0.3, -0.25) is 0 Å². The molecule has 0 fully saturated rings. The molecule has 2 heteroatoms. The van der Waals surface area contributed by atoms with E-state index in [9.17, 15) is 0 Å². The van der Waals surface area contributed by atoms with Crippen LogP contribution in [0.4, 0.5) is 17.1 Å². The third-order valence-electron chi connectivity index (χ3n) is 11.5. The molecule has 0 saturated heterocycles. The van der Waals surface area contributed by atoms with Crippen LogP contribution in [0.2, 0.25) is 0 Å². The lowest BCUT2D eigenvalue weighted by Crippen LogP contribution is -2.18. The molecular weight excluding hydrogens is 607 g/mol. The topological polar surface area (TPSA) is 16.4 Å². The van der Waals surface area contributed by atoms with Gasteiger partial charge in [0.2, 0.25) is 0 Å². The molecule has 0 atom stereocenters. The lowest BCUT2D eigenvalue weighted by molar-refractivity contribution is 0.660. The van der Waals surface area contributed by atoms with Crippen LogP contribution in [0.25, 0.3) is 55.3 Å². The van der Waals surface area contributed by atoms with Crippen molar-refractivity contribution in [3.63, 3.8) is 0 Å². The first-order valence-electron chi connectivity index (χ1n) is 17.6. The number of fused-ring (bicyclic) bond motifs is 9. The van der Waals surface area contributed by atoms with Crippen LogP contribution >= 0.6 is 0 Å². The van der Waals surface area contributed by atoms with Crippen LogP contribution in [0.15, 0.2) is 156 Å². The lowest BCUT2D eigenvalue weighted by Gasteiger charge is -2.31. The maximum absolute atomic E-state index is 6.38. The Hall–Kier alpha value is -5.86. The van der Waals surface area contributed by atoms with Gasteiger partial charge in [-0.2, -0.15) is 0 Å². The van der Waals surface area contributed by atoms with Crippen LogP contribution in [0.1, 0.15) is 49.9 Å². The Kier molecular flexibility index (Phi) is 6.01. The quantitative estimate of drug-likeness (QED) is 0.190. The number of anilines is 3. The van der Waals surface area contributed by atoms with Crippen molar-refractivity contribution in [3.05, 3.63) is 174 Å². The summed E-state index contributed by atoms with van der Waals surface area (Å²) in [6.07, 6.45) is 0. The van der Waals surface area contributed by atoms with E-state index in [2.05, 4.69) is 178 Å². The van der Waals surface area contributed by atoms with Gasteiger partial charge in [0.15, 0.2) is 0 Å². The molecule has 240 valence electrons. The Balaban J connectivity index is 1.23. The fourth-order valence-corrected chi connectivity index (χ4v) is 8.99. The van der Waals surface area contributed by atoms with Crippen LogP contribution in [-0.2, 0) is 10.8 Å². The molecule has 7 aromatic carbocycles. The molecule has 0 saturated carbocycles. The van der Waals surface area contributed by atoms with Gasteiger partial charge in [0.1, 0.15) is 11.2 Å². The molecule has 2 nitrogen and oxygen atoms in total. The SMILES string of the molecule is CC1(C)c2ccccc2-c2ccc(N(c3ccc4c(c3)C(C)(C)c3ccccc3-4)c3ccccc3-c3cccc4oc5ccccc5c34)cc21.